The summed E-state index contributed by atoms with van der Waals surface area (Å²) < 4.78 is 0. The zero-order valence-electron chi connectivity index (χ0n) is 12.1. The normalized spacial score (nSPS) is 13.6. The molecule has 1 rings (SSSR count). The monoisotopic (exact) mass is 296 g/mol. The van der Waals surface area contributed by atoms with Gasteiger partial charge < -0.3 is 15.7 Å². The quantitative estimate of drug-likeness (QED) is 0.510. The second-order valence-corrected chi connectivity index (χ2v) is 5.92. The molecule has 0 saturated carbocycles. The third-order valence-electron chi connectivity index (χ3n) is 3.17. The average molecular weight is 296 g/mol. The highest BCUT2D eigenvalue weighted by atomic mass is 32.2. The molecular weight excluding hydrogens is 272 g/mol. The number of urea groups is 1. The van der Waals surface area contributed by atoms with E-state index in [-0.39, 0.29) is 11.9 Å². The van der Waals surface area contributed by atoms with Gasteiger partial charge in [0, 0.05) is 23.7 Å². The molecular formula is C15H24N2O2S. The zero-order chi connectivity index (χ0) is 14.8. The lowest BCUT2D eigenvalue weighted by Gasteiger charge is -2.17. The largest absolute Gasteiger partial charge is 0.391 e. The highest BCUT2D eigenvalue weighted by molar-refractivity contribution is 7.99. The van der Waals surface area contributed by atoms with E-state index >= 15 is 0 Å². The van der Waals surface area contributed by atoms with Gasteiger partial charge in [0.15, 0.2) is 0 Å². The summed E-state index contributed by atoms with van der Waals surface area (Å²) in [4.78, 5) is 12.7. The third-order valence-corrected chi connectivity index (χ3v) is 4.19. The predicted octanol–water partition coefficient (Wildman–Crippen LogP) is 2.48. The smallest absolute Gasteiger partial charge is 0.314 e. The van der Waals surface area contributed by atoms with Crippen LogP contribution < -0.4 is 10.6 Å². The molecule has 20 heavy (non-hydrogen) atoms. The van der Waals surface area contributed by atoms with Crippen molar-refractivity contribution in [2.45, 2.75) is 31.3 Å². The van der Waals surface area contributed by atoms with Gasteiger partial charge in [0.25, 0.3) is 0 Å². The Morgan fingerprint density at radius 3 is 2.65 bits per heavy atom. The van der Waals surface area contributed by atoms with Crippen molar-refractivity contribution >= 4 is 17.8 Å². The van der Waals surface area contributed by atoms with Gasteiger partial charge in [-0.25, -0.2) is 4.79 Å². The predicted molar refractivity (Wildman–Crippen MR) is 84.0 cm³/mol. The van der Waals surface area contributed by atoms with Crippen LogP contribution in [0.25, 0.3) is 0 Å². The summed E-state index contributed by atoms with van der Waals surface area (Å²) in [5.74, 6) is 1.02. The third kappa shape index (κ3) is 6.82. The van der Waals surface area contributed by atoms with Crippen molar-refractivity contribution in [1.82, 2.24) is 10.6 Å². The molecule has 0 aliphatic carbocycles. The zero-order valence-corrected chi connectivity index (χ0v) is 13.0. The molecule has 1 aromatic rings. The van der Waals surface area contributed by atoms with E-state index in [9.17, 15) is 9.90 Å². The van der Waals surface area contributed by atoms with Crippen LogP contribution in [0.1, 0.15) is 20.3 Å². The van der Waals surface area contributed by atoms with E-state index in [1.807, 2.05) is 44.2 Å². The van der Waals surface area contributed by atoms with Crippen LogP contribution in [0.5, 0.6) is 0 Å². The minimum atomic E-state index is -0.482. The van der Waals surface area contributed by atoms with E-state index in [1.165, 1.54) is 4.90 Å². The first-order chi connectivity index (χ1) is 9.63. The fraction of sp³-hybridized carbons (Fsp3) is 0.533. The van der Waals surface area contributed by atoms with E-state index in [1.54, 1.807) is 11.8 Å². The van der Waals surface area contributed by atoms with Crippen LogP contribution in [0.2, 0.25) is 0 Å². The van der Waals surface area contributed by atoms with Crippen LogP contribution in [-0.2, 0) is 0 Å². The van der Waals surface area contributed by atoms with Crippen molar-refractivity contribution in [3.63, 3.8) is 0 Å². The van der Waals surface area contributed by atoms with Gasteiger partial charge in [0.05, 0.1) is 6.10 Å². The lowest BCUT2D eigenvalue weighted by molar-refractivity contribution is 0.114. The molecule has 112 valence electrons. The number of carbonyl (C=O) groups is 1. The minimum absolute atomic E-state index is 0.198. The Morgan fingerprint density at radius 1 is 1.30 bits per heavy atom. The van der Waals surface area contributed by atoms with E-state index in [0.717, 1.165) is 12.2 Å². The molecule has 1 aromatic carbocycles. The first-order valence-electron chi connectivity index (χ1n) is 7.01. The summed E-state index contributed by atoms with van der Waals surface area (Å²) in [5, 5.41) is 15.2. The van der Waals surface area contributed by atoms with Crippen molar-refractivity contribution in [1.29, 1.82) is 0 Å². The molecule has 0 heterocycles. The van der Waals surface area contributed by atoms with E-state index in [4.69, 9.17) is 0 Å². The Morgan fingerprint density at radius 2 is 2.00 bits per heavy atom. The van der Waals surface area contributed by atoms with Gasteiger partial charge in [-0.05, 0) is 18.1 Å². The highest BCUT2D eigenvalue weighted by Crippen LogP contribution is 2.15. The first-order valence-corrected chi connectivity index (χ1v) is 7.99. The summed E-state index contributed by atoms with van der Waals surface area (Å²) in [6, 6.07) is 9.86. The fourth-order valence-corrected chi connectivity index (χ4v) is 2.37. The SMILES string of the molecule is CCC(C)C(O)CNC(=O)NCCSc1ccccc1. The molecule has 4 nitrogen and oxygen atoms in total. The number of rotatable bonds is 8. The molecule has 0 spiro atoms. The Hall–Kier alpha value is -1.20. The molecule has 0 bridgehead atoms. The molecule has 0 aliphatic heterocycles. The molecule has 0 saturated heterocycles. The number of aliphatic hydroxyl groups excluding tert-OH is 1. The van der Waals surface area contributed by atoms with Crippen molar-refractivity contribution in [2.24, 2.45) is 5.92 Å². The van der Waals surface area contributed by atoms with Crippen molar-refractivity contribution in [2.75, 3.05) is 18.8 Å². The van der Waals surface area contributed by atoms with Crippen molar-refractivity contribution < 1.29 is 9.90 Å². The van der Waals surface area contributed by atoms with E-state index < -0.39 is 6.10 Å². The lowest BCUT2D eigenvalue weighted by atomic mass is 10.0. The maximum Gasteiger partial charge on any atom is 0.314 e. The number of hydrogen-bond donors (Lipinski definition) is 3. The molecule has 3 N–H and O–H groups in total. The summed E-state index contributed by atoms with van der Waals surface area (Å²) in [7, 11) is 0. The Balaban J connectivity index is 2.08. The van der Waals surface area contributed by atoms with Crippen LogP contribution in [0.3, 0.4) is 0 Å². The van der Waals surface area contributed by atoms with Crippen molar-refractivity contribution in [3.8, 4) is 0 Å². The molecule has 0 aliphatic rings. The molecule has 2 unspecified atom stereocenters. The van der Waals surface area contributed by atoms with Gasteiger partial charge in [0.2, 0.25) is 0 Å². The van der Waals surface area contributed by atoms with Gasteiger partial charge in [-0.2, -0.15) is 0 Å². The van der Waals surface area contributed by atoms with Gasteiger partial charge in [-0.3, -0.25) is 0 Å². The van der Waals surface area contributed by atoms with Gasteiger partial charge in [-0.1, -0.05) is 38.5 Å². The van der Waals surface area contributed by atoms with Crippen LogP contribution in [-0.4, -0.2) is 36.1 Å². The summed E-state index contributed by atoms with van der Waals surface area (Å²) in [6.45, 7) is 4.90. The average Bonchev–Trinajstić information content (AvgIpc) is 2.49. The number of hydrogen-bond acceptors (Lipinski definition) is 3. The number of carbonyl (C=O) groups excluding carboxylic acids is 1. The first kappa shape index (κ1) is 16.9. The second kappa shape index (κ2) is 9.66. The minimum Gasteiger partial charge on any atom is -0.391 e. The molecule has 0 aromatic heterocycles. The maximum absolute atomic E-state index is 11.5. The van der Waals surface area contributed by atoms with Gasteiger partial charge in [-0.15, -0.1) is 11.8 Å². The molecule has 2 amide bonds. The number of nitrogens with one attached hydrogen (secondary N) is 2. The fourth-order valence-electron chi connectivity index (χ4n) is 1.58. The summed E-state index contributed by atoms with van der Waals surface area (Å²) in [5.41, 5.74) is 0. The van der Waals surface area contributed by atoms with Crippen LogP contribution >= 0.6 is 11.8 Å². The Labute approximate surface area is 125 Å². The maximum atomic E-state index is 11.5. The van der Waals surface area contributed by atoms with Crippen LogP contribution in [0, 0.1) is 5.92 Å². The lowest BCUT2D eigenvalue weighted by Crippen LogP contribution is -2.42. The number of amides is 2. The van der Waals surface area contributed by atoms with Crippen molar-refractivity contribution in [3.05, 3.63) is 30.3 Å². The Bertz CT molecular complexity index is 387. The number of benzene rings is 1. The summed E-state index contributed by atoms with van der Waals surface area (Å²) in [6.07, 6.45) is 0.419. The second-order valence-electron chi connectivity index (χ2n) is 4.75. The van der Waals surface area contributed by atoms with Crippen LogP contribution in [0.4, 0.5) is 4.79 Å². The van der Waals surface area contributed by atoms with Gasteiger partial charge in [0.1, 0.15) is 0 Å². The summed E-state index contributed by atoms with van der Waals surface area (Å²) >= 11 is 1.70. The number of aliphatic hydroxyl groups is 1. The number of thioether (sulfide) groups is 1. The van der Waals surface area contributed by atoms with E-state index in [2.05, 4.69) is 10.6 Å². The standard InChI is InChI=1S/C15H24N2O2S/c1-3-12(2)14(18)11-17-15(19)16-9-10-20-13-7-5-4-6-8-13/h4-8,12,14,18H,3,9-11H2,1-2H3,(H2,16,17,19). The van der Waals surface area contributed by atoms with Crippen LogP contribution in [0.15, 0.2) is 35.2 Å². The van der Waals surface area contributed by atoms with Gasteiger partial charge >= 0.3 is 6.03 Å². The highest BCUT2D eigenvalue weighted by Gasteiger charge is 2.12. The van der Waals surface area contributed by atoms with E-state index in [0.29, 0.717) is 13.1 Å². The molecule has 0 radical (unpaired) electrons. The molecule has 2 atom stereocenters. The molecule has 5 heteroatoms. The Kier molecular flexibility index (Phi) is 8.14. The molecule has 0 fully saturated rings. The topological polar surface area (TPSA) is 61.4 Å².